The molecule has 248 valence electrons. The number of carbonyl (C=O) groups excluding carboxylic acids is 1. The van der Waals surface area contributed by atoms with Crippen LogP contribution in [0.4, 0.5) is 0 Å². The van der Waals surface area contributed by atoms with Gasteiger partial charge in [0, 0.05) is 17.7 Å². The molecule has 4 rings (SSSR count). The predicted molar refractivity (Wildman–Crippen MR) is 178 cm³/mol. The Labute approximate surface area is 274 Å². The summed E-state index contributed by atoms with van der Waals surface area (Å²) in [6.45, 7) is 4.51. The van der Waals surface area contributed by atoms with Gasteiger partial charge in [-0.15, -0.1) is 10.2 Å². The monoisotopic (exact) mass is 651 g/mol. The van der Waals surface area contributed by atoms with Crippen molar-refractivity contribution in [1.82, 2.24) is 19.8 Å². The van der Waals surface area contributed by atoms with E-state index in [0.29, 0.717) is 60.2 Å². The standard InChI is InChI=1S/C34H45N5O6S/c1-4-5-6-7-8-9-10-11-12-14-30(35)43-27-20-22-29(23-21-27)46-45-42-24-13-15-31-36-37-33-32(25(2)38-39(31)33)44-28-18-16-26(17-19-28)34(40)41-3/h16-23,35,38H,4-15,24H2,1-3H3. The molecule has 0 aliphatic rings. The zero-order chi connectivity index (χ0) is 32.6. The van der Waals surface area contributed by atoms with Gasteiger partial charge in [-0.2, -0.15) is 4.33 Å². The number of methoxy groups -OCH3 is 1. The lowest BCUT2D eigenvalue weighted by molar-refractivity contribution is -0.191. The molecular formula is C34H45N5O6S. The highest BCUT2D eigenvalue weighted by Gasteiger charge is 2.17. The van der Waals surface area contributed by atoms with Crippen molar-refractivity contribution < 1.29 is 28.2 Å². The molecule has 12 heteroatoms. The highest BCUT2D eigenvalue weighted by molar-refractivity contribution is 7.94. The number of carbonyl (C=O) groups is 1. The summed E-state index contributed by atoms with van der Waals surface area (Å²) in [6.07, 6.45) is 13.3. The smallest absolute Gasteiger partial charge is 0.337 e. The molecule has 4 aromatic rings. The van der Waals surface area contributed by atoms with Gasteiger partial charge in [-0.25, -0.2) is 14.2 Å². The molecule has 0 amide bonds. The number of esters is 1. The van der Waals surface area contributed by atoms with Crippen LogP contribution in [-0.4, -0.2) is 45.4 Å². The van der Waals surface area contributed by atoms with E-state index in [2.05, 4.69) is 22.2 Å². The van der Waals surface area contributed by atoms with E-state index in [1.165, 1.54) is 52.1 Å². The maximum Gasteiger partial charge on any atom is 0.337 e. The van der Waals surface area contributed by atoms with Crippen molar-refractivity contribution >= 4 is 29.6 Å². The summed E-state index contributed by atoms with van der Waals surface area (Å²) in [5.41, 5.74) is 1.81. The maximum atomic E-state index is 11.7. The fraction of sp³-hybridized carbons (Fsp3) is 0.471. The highest BCUT2D eigenvalue weighted by atomic mass is 32.2. The van der Waals surface area contributed by atoms with Crippen LogP contribution in [0.2, 0.25) is 0 Å². The third-order valence-corrected chi connectivity index (χ3v) is 8.06. The summed E-state index contributed by atoms with van der Waals surface area (Å²) in [6, 6.07) is 14.1. The van der Waals surface area contributed by atoms with Crippen LogP contribution < -0.4 is 9.47 Å². The van der Waals surface area contributed by atoms with Crippen molar-refractivity contribution in [2.75, 3.05) is 13.7 Å². The third-order valence-electron chi connectivity index (χ3n) is 7.43. The van der Waals surface area contributed by atoms with Gasteiger partial charge in [0.1, 0.15) is 11.5 Å². The number of aromatic nitrogens is 4. The van der Waals surface area contributed by atoms with Crippen LogP contribution in [0.15, 0.2) is 53.4 Å². The van der Waals surface area contributed by atoms with Gasteiger partial charge in [-0.05, 0) is 68.3 Å². The Morgan fingerprint density at radius 2 is 1.57 bits per heavy atom. The van der Waals surface area contributed by atoms with Crippen LogP contribution in [0.3, 0.4) is 0 Å². The van der Waals surface area contributed by atoms with Crippen LogP contribution in [-0.2, 0) is 20.4 Å². The number of hydrogen-bond acceptors (Lipinski definition) is 10. The molecule has 46 heavy (non-hydrogen) atoms. The number of benzene rings is 2. The SMILES string of the molecule is CCCCCCCCCCCC(=N)Oc1ccc(SOOCCCc2nnc3c(Oc4ccc(C(=O)OC)cc4)c(C)[nH]n23)cc1. The first kappa shape index (κ1) is 35.0. The van der Waals surface area contributed by atoms with Crippen LogP contribution >= 0.6 is 12.0 Å². The molecule has 2 N–H and O–H groups in total. The second-order valence-corrected chi connectivity index (χ2v) is 11.9. The lowest BCUT2D eigenvalue weighted by atomic mass is 10.1. The number of hydrogen-bond donors (Lipinski definition) is 2. The van der Waals surface area contributed by atoms with Crippen LogP contribution in [0.1, 0.15) is 99.4 Å². The molecule has 0 fully saturated rings. The minimum atomic E-state index is -0.404. The molecule has 0 aliphatic heterocycles. The number of fused-ring (bicyclic) bond motifs is 1. The molecule has 0 spiro atoms. The number of aromatic amines is 1. The minimum absolute atomic E-state index is 0.304. The molecule has 11 nitrogen and oxygen atoms in total. The first-order valence-electron chi connectivity index (χ1n) is 16.1. The molecule has 0 aliphatic carbocycles. The molecular weight excluding hydrogens is 606 g/mol. The normalized spacial score (nSPS) is 11.2. The number of nitrogens with one attached hydrogen (secondary N) is 2. The summed E-state index contributed by atoms with van der Waals surface area (Å²) in [5, 5.41) is 19.9. The Balaban J connectivity index is 1.10. The molecule has 0 radical (unpaired) electrons. The summed E-state index contributed by atoms with van der Waals surface area (Å²) in [5.74, 6) is 2.42. The number of H-pyrrole nitrogens is 1. The highest BCUT2D eigenvalue weighted by Crippen LogP contribution is 2.29. The van der Waals surface area contributed by atoms with E-state index < -0.39 is 5.97 Å². The van der Waals surface area contributed by atoms with Crippen molar-refractivity contribution in [1.29, 1.82) is 5.41 Å². The predicted octanol–water partition coefficient (Wildman–Crippen LogP) is 8.81. The molecule has 0 saturated heterocycles. The fourth-order valence-corrected chi connectivity index (χ4v) is 5.33. The van der Waals surface area contributed by atoms with Gasteiger partial charge in [-0.3, -0.25) is 10.5 Å². The van der Waals surface area contributed by atoms with Crippen molar-refractivity contribution in [3.05, 3.63) is 65.6 Å². The first-order chi connectivity index (χ1) is 22.5. The zero-order valence-electron chi connectivity index (χ0n) is 27.0. The maximum absolute atomic E-state index is 11.7. The van der Waals surface area contributed by atoms with Crippen molar-refractivity contribution in [2.45, 2.75) is 95.8 Å². The van der Waals surface area contributed by atoms with E-state index in [4.69, 9.17) is 28.8 Å². The van der Waals surface area contributed by atoms with Gasteiger partial charge >= 0.3 is 5.97 Å². The van der Waals surface area contributed by atoms with E-state index in [1.807, 2.05) is 31.2 Å². The number of rotatable bonds is 21. The second kappa shape index (κ2) is 18.9. The topological polar surface area (TPSA) is 133 Å². The number of nitrogens with zero attached hydrogens (tertiary/aromatic N) is 3. The Hall–Kier alpha value is -3.87. The van der Waals surface area contributed by atoms with Crippen LogP contribution in [0.25, 0.3) is 5.65 Å². The van der Waals surface area contributed by atoms with Gasteiger partial charge in [0.2, 0.25) is 5.65 Å². The molecule has 0 unspecified atom stereocenters. The van der Waals surface area contributed by atoms with E-state index in [1.54, 1.807) is 28.8 Å². The Morgan fingerprint density at radius 1 is 0.891 bits per heavy atom. The minimum Gasteiger partial charge on any atom is -0.465 e. The summed E-state index contributed by atoms with van der Waals surface area (Å²) < 4.78 is 23.6. The van der Waals surface area contributed by atoms with E-state index >= 15 is 0 Å². The summed E-state index contributed by atoms with van der Waals surface area (Å²) >= 11 is 1.12. The van der Waals surface area contributed by atoms with Crippen LogP contribution in [0.5, 0.6) is 17.2 Å². The van der Waals surface area contributed by atoms with E-state index in [9.17, 15) is 4.79 Å². The average molecular weight is 652 g/mol. The van der Waals surface area contributed by atoms with E-state index in [-0.39, 0.29) is 0 Å². The molecule has 0 bridgehead atoms. The third kappa shape index (κ3) is 10.9. The van der Waals surface area contributed by atoms with Gasteiger partial charge in [0.05, 0.1) is 37.0 Å². The van der Waals surface area contributed by atoms with Crippen LogP contribution in [0, 0.1) is 12.3 Å². The molecule has 2 aromatic carbocycles. The number of aryl methyl sites for hydroxylation is 2. The largest absolute Gasteiger partial charge is 0.465 e. The van der Waals surface area contributed by atoms with Gasteiger partial charge in [0.15, 0.2) is 17.5 Å². The Kier molecular flexibility index (Phi) is 14.4. The lowest BCUT2D eigenvalue weighted by Gasteiger charge is -2.08. The van der Waals surface area contributed by atoms with E-state index in [0.717, 1.165) is 41.3 Å². The van der Waals surface area contributed by atoms with Gasteiger partial charge in [0.25, 0.3) is 0 Å². The Morgan fingerprint density at radius 3 is 2.26 bits per heavy atom. The van der Waals surface area contributed by atoms with Gasteiger partial charge in [-0.1, -0.05) is 58.3 Å². The molecule has 0 atom stereocenters. The summed E-state index contributed by atoms with van der Waals surface area (Å²) in [4.78, 5) is 17.9. The first-order valence-corrected chi connectivity index (χ1v) is 16.8. The second-order valence-electron chi connectivity index (χ2n) is 11.1. The fourth-order valence-electron chi connectivity index (χ4n) is 4.89. The molecule has 0 saturated carbocycles. The zero-order valence-corrected chi connectivity index (χ0v) is 27.8. The van der Waals surface area contributed by atoms with Crippen molar-refractivity contribution in [3.8, 4) is 17.2 Å². The van der Waals surface area contributed by atoms with Crippen molar-refractivity contribution in [3.63, 3.8) is 0 Å². The average Bonchev–Trinajstić information content (AvgIpc) is 3.60. The summed E-state index contributed by atoms with van der Waals surface area (Å²) in [7, 11) is 1.35. The number of unbranched alkanes of at least 4 members (excludes halogenated alkanes) is 8. The number of ether oxygens (including phenoxy) is 3. The lowest BCUT2D eigenvalue weighted by Crippen LogP contribution is -2.06. The molecule has 2 heterocycles. The van der Waals surface area contributed by atoms with Crippen molar-refractivity contribution in [2.24, 2.45) is 0 Å². The molecule has 2 aromatic heterocycles. The van der Waals surface area contributed by atoms with Gasteiger partial charge < -0.3 is 14.2 Å². The quantitative estimate of drug-likeness (QED) is 0.0172. The Bertz CT molecular complexity index is 1500.